The van der Waals surface area contributed by atoms with Crippen molar-refractivity contribution in [1.82, 2.24) is 14.8 Å². The number of halogens is 5. The standard InChI is InChI=1S/C17H12Cl2F3N3O2/c1-25-13(23-24-17(25)26)6-8-2-3-12(19)15(14(8)20)27-11-5-9(16(21)22)4-10(18)7-11/h2-5,7,16H,6H2,1H3,(H,24,26). The summed E-state index contributed by atoms with van der Waals surface area (Å²) in [5.74, 6) is -0.911. The summed E-state index contributed by atoms with van der Waals surface area (Å²) >= 11 is 11.8. The molecular formula is C17H12Cl2F3N3O2. The summed E-state index contributed by atoms with van der Waals surface area (Å²) in [6.45, 7) is 0. The second kappa shape index (κ2) is 7.66. The van der Waals surface area contributed by atoms with Gasteiger partial charge < -0.3 is 4.74 Å². The molecule has 0 aliphatic carbocycles. The number of ether oxygens (including phenoxy) is 1. The van der Waals surface area contributed by atoms with Crippen molar-refractivity contribution in [2.75, 3.05) is 0 Å². The number of H-pyrrole nitrogens is 1. The molecule has 27 heavy (non-hydrogen) atoms. The van der Waals surface area contributed by atoms with E-state index in [1.54, 1.807) is 0 Å². The van der Waals surface area contributed by atoms with Gasteiger partial charge in [-0.3, -0.25) is 4.57 Å². The van der Waals surface area contributed by atoms with Gasteiger partial charge in [0.1, 0.15) is 11.6 Å². The molecule has 1 aromatic heterocycles. The maximum Gasteiger partial charge on any atom is 0.343 e. The first-order chi connectivity index (χ1) is 12.8. The lowest BCUT2D eigenvalue weighted by molar-refractivity contribution is 0.151. The van der Waals surface area contributed by atoms with E-state index in [-0.39, 0.29) is 39.1 Å². The molecule has 0 fully saturated rings. The molecule has 0 aliphatic rings. The molecule has 1 N–H and O–H groups in total. The Hall–Kier alpha value is -2.45. The van der Waals surface area contributed by atoms with E-state index in [0.717, 1.165) is 12.1 Å². The highest BCUT2D eigenvalue weighted by atomic mass is 35.5. The van der Waals surface area contributed by atoms with Gasteiger partial charge in [-0.2, -0.15) is 5.10 Å². The summed E-state index contributed by atoms with van der Waals surface area (Å²) < 4.78 is 47.4. The van der Waals surface area contributed by atoms with Crippen LogP contribution in [0.2, 0.25) is 10.0 Å². The first-order valence-electron chi connectivity index (χ1n) is 7.60. The average molecular weight is 418 g/mol. The fourth-order valence-electron chi connectivity index (χ4n) is 2.40. The molecule has 3 aromatic rings. The largest absolute Gasteiger partial charge is 0.453 e. The summed E-state index contributed by atoms with van der Waals surface area (Å²) in [4.78, 5) is 11.4. The Bertz CT molecular complexity index is 1050. The summed E-state index contributed by atoms with van der Waals surface area (Å²) in [6, 6.07) is 6.24. The van der Waals surface area contributed by atoms with Crippen LogP contribution in [0.15, 0.2) is 35.1 Å². The molecule has 0 unspecified atom stereocenters. The molecule has 142 valence electrons. The van der Waals surface area contributed by atoms with Crippen molar-refractivity contribution in [3.8, 4) is 11.5 Å². The lowest BCUT2D eigenvalue weighted by Crippen LogP contribution is -2.15. The van der Waals surface area contributed by atoms with Gasteiger partial charge in [0.2, 0.25) is 0 Å². The summed E-state index contributed by atoms with van der Waals surface area (Å²) in [6.07, 6.45) is -2.77. The SMILES string of the molecule is Cn1c(Cc2ccc(Cl)c(Oc3cc(Cl)cc(C(F)F)c3)c2F)n[nH]c1=O. The highest BCUT2D eigenvalue weighted by molar-refractivity contribution is 6.32. The van der Waals surface area contributed by atoms with E-state index in [1.165, 1.54) is 29.8 Å². The maximum absolute atomic E-state index is 14.9. The second-order valence-electron chi connectivity index (χ2n) is 5.65. The summed E-state index contributed by atoms with van der Waals surface area (Å²) in [7, 11) is 1.49. The van der Waals surface area contributed by atoms with Crippen molar-refractivity contribution in [2.24, 2.45) is 7.05 Å². The van der Waals surface area contributed by atoms with E-state index >= 15 is 0 Å². The minimum absolute atomic E-state index is 0.00751. The Morgan fingerprint density at radius 3 is 2.63 bits per heavy atom. The number of aromatic nitrogens is 3. The first-order valence-corrected chi connectivity index (χ1v) is 8.35. The van der Waals surface area contributed by atoms with E-state index < -0.39 is 17.9 Å². The lowest BCUT2D eigenvalue weighted by atomic mass is 10.1. The van der Waals surface area contributed by atoms with E-state index in [1.807, 2.05) is 0 Å². The predicted octanol–water partition coefficient (Wildman–Crippen LogP) is 4.88. The molecule has 0 atom stereocenters. The van der Waals surface area contributed by atoms with E-state index in [2.05, 4.69) is 10.2 Å². The molecule has 3 rings (SSSR count). The number of alkyl halides is 2. The number of hydrogen-bond acceptors (Lipinski definition) is 3. The van der Waals surface area contributed by atoms with Crippen LogP contribution in [-0.4, -0.2) is 14.8 Å². The molecule has 0 saturated heterocycles. The van der Waals surface area contributed by atoms with Gasteiger partial charge in [0.05, 0.1) is 5.02 Å². The van der Waals surface area contributed by atoms with Gasteiger partial charge in [0, 0.05) is 24.1 Å². The average Bonchev–Trinajstić information content (AvgIpc) is 2.92. The van der Waals surface area contributed by atoms with Crippen LogP contribution < -0.4 is 10.4 Å². The highest BCUT2D eigenvalue weighted by Gasteiger charge is 2.18. The van der Waals surface area contributed by atoms with Gasteiger partial charge in [0.25, 0.3) is 6.43 Å². The van der Waals surface area contributed by atoms with Crippen molar-refractivity contribution < 1.29 is 17.9 Å². The molecule has 5 nitrogen and oxygen atoms in total. The minimum Gasteiger partial charge on any atom is -0.453 e. The smallest absolute Gasteiger partial charge is 0.343 e. The van der Waals surface area contributed by atoms with Gasteiger partial charge in [-0.15, -0.1) is 0 Å². The third-order valence-electron chi connectivity index (χ3n) is 3.82. The number of aromatic amines is 1. The van der Waals surface area contributed by atoms with Crippen molar-refractivity contribution in [3.05, 3.63) is 73.6 Å². The Morgan fingerprint density at radius 1 is 1.26 bits per heavy atom. The van der Waals surface area contributed by atoms with Gasteiger partial charge in [-0.1, -0.05) is 29.3 Å². The number of rotatable bonds is 5. The fraction of sp³-hybridized carbons (Fsp3) is 0.176. The van der Waals surface area contributed by atoms with Crippen molar-refractivity contribution >= 4 is 23.2 Å². The zero-order chi connectivity index (χ0) is 19.7. The minimum atomic E-state index is -2.77. The quantitative estimate of drug-likeness (QED) is 0.643. The topological polar surface area (TPSA) is 59.9 Å². The van der Waals surface area contributed by atoms with Crippen LogP contribution in [0.1, 0.15) is 23.4 Å². The zero-order valence-corrected chi connectivity index (χ0v) is 15.3. The van der Waals surface area contributed by atoms with Crippen LogP contribution in [0.25, 0.3) is 0 Å². The second-order valence-corrected chi connectivity index (χ2v) is 6.50. The van der Waals surface area contributed by atoms with Crippen LogP contribution in [-0.2, 0) is 13.5 Å². The summed E-state index contributed by atoms with van der Waals surface area (Å²) in [5, 5.41) is 6.04. The number of nitrogens with one attached hydrogen (secondary N) is 1. The molecule has 2 aromatic carbocycles. The third kappa shape index (κ3) is 4.12. The van der Waals surface area contributed by atoms with Crippen molar-refractivity contribution in [3.63, 3.8) is 0 Å². The molecule has 0 radical (unpaired) electrons. The first kappa shape index (κ1) is 19.3. The van der Waals surface area contributed by atoms with Crippen LogP contribution in [0.4, 0.5) is 13.2 Å². The van der Waals surface area contributed by atoms with Crippen LogP contribution in [0.3, 0.4) is 0 Å². The molecule has 0 spiro atoms. The Labute approximate surface area is 161 Å². The Kier molecular flexibility index (Phi) is 5.48. The zero-order valence-electron chi connectivity index (χ0n) is 13.8. The summed E-state index contributed by atoms with van der Waals surface area (Å²) in [5.41, 5.74) is -0.640. The van der Waals surface area contributed by atoms with Gasteiger partial charge in [-0.25, -0.2) is 23.1 Å². The number of hydrogen-bond donors (Lipinski definition) is 1. The number of nitrogens with zero attached hydrogens (tertiary/aromatic N) is 2. The van der Waals surface area contributed by atoms with Gasteiger partial charge in [0.15, 0.2) is 11.6 Å². The molecule has 0 amide bonds. The highest BCUT2D eigenvalue weighted by Crippen LogP contribution is 2.36. The molecule has 0 bridgehead atoms. The van der Waals surface area contributed by atoms with Crippen molar-refractivity contribution in [2.45, 2.75) is 12.8 Å². The van der Waals surface area contributed by atoms with E-state index in [4.69, 9.17) is 27.9 Å². The normalized spacial score (nSPS) is 11.2. The molecule has 0 saturated carbocycles. The van der Waals surface area contributed by atoms with Crippen LogP contribution in [0, 0.1) is 5.82 Å². The molecule has 1 heterocycles. The molecule has 0 aliphatic heterocycles. The van der Waals surface area contributed by atoms with Crippen molar-refractivity contribution in [1.29, 1.82) is 0 Å². The van der Waals surface area contributed by atoms with Crippen LogP contribution >= 0.6 is 23.2 Å². The van der Waals surface area contributed by atoms with Gasteiger partial charge >= 0.3 is 5.69 Å². The molecular weight excluding hydrogens is 406 g/mol. The number of benzene rings is 2. The van der Waals surface area contributed by atoms with E-state index in [9.17, 15) is 18.0 Å². The third-order valence-corrected chi connectivity index (χ3v) is 4.33. The Balaban J connectivity index is 1.97. The predicted molar refractivity (Wildman–Crippen MR) is 94.5 cm³/mol. The van der Waals surface area contributed by atoms with Crippen LogP contribution in [0.5, 0.6) is 11.5 Å². The van der Waals surface area contributed by atoms with E-state index in [0.29, 0.717) is 5.82 Å². The van der Waals surface area contributed by atoms with Gasteiger partial charge in [-0.05, 0) is 29.8 Å². The maximum atomic E-state index is 14.9. The lowest BCUT2D eigenvalue weighted by Gasteiger charge is -2.13. The fourth-order valence-corrected chi connectivity index (χ4v) is 2.82. The monoisotopic (exact) mass is 417 g/mol. The molecule has 10 heteroatoms. The Morgan fingerprint density at radius 2 is 2.00 bits per heavy atom.